The topological polar surface area (TPSA) is 105 Å². The van der Waals surface area contributed by atoms with Crippen LogP contribution in [0.15, 0.2) is 48.5 Å². The molecule has 3 atom stereocenters. The van der Waals surface area contributed by atoms with Crippen molar-refractivity contribution in [3.8, 4) is 11.1 Å². The normalized spacial score (nSPS) is 19.9. The van der Waals surface area contributed by atoms with Gasteiger partial charge in [-0.3, -0.25) is 4.79 Å². The Morgan fingerprint density at radius 2 is 1.71 bits per heavy atom. The summed E-state index contributed by atoms with van der Waals surface area (Å²) in [6.07, 6.45) is -0.127. The third kappa shape index (κ3) is 4.77. The minimum absolute atomic E-state index is 0.000902. The number of aliphatic carboxylic acids is 1. The van der Waals surface area contributed by atoms with Crippen LogP contribution in [0.1, 0.15) is 43.2 Å². The first-order valence-corrected chi connectivity index (χ1v) is 11.6. The lowest BCUT2D eigenvalue weighted by molar-refractivity contribution is -0.148. The largest absolute Gasteiger partial charge is 0.480 e. The molecule has 2 amide bonds. The van der Waals surface area contributed by atoms with Crippen LogP contribution in [0.5, 0.6) is 0 Å². The number of carboxylic acids is 1. The molecule has 2 N–H and O–H groups in total. The van der Waals surface area contributed by atoms with Gasteiger partial charge in [-0.2, -0.15) is 0 Å². The van der Waals surface area contributed by atoms with Crippen LogP contribution in [0.25, 0.3) is 11.1 Å². The van der Waals surface area contributed by atoms with Crippen LogP contribution in [0.4, 0.5) is 4.79 Å². The number of carbonyl (C=O) groups excluding carboxylic acids is 2. The van der Waals surface area contributed by atoms with Gasteiger partial charge in [-0.05, 0) is 28.7 Å². The zero-order chi connectivity index (χ0) is 24.2. The van der Waals surface area contributed by atoms with Crippen LogP contribution < -0.4 is 5.32 Å². The molecular formula is C26H30N2O6. The van der Waals surface area contributed by atoms with E-state index >= 15 is 0 Å². The van der Waals surface area contributed by atoms with E-state index in [1.807, 2.05) is 31.2 Å². The number of alkyl carbamates (subject to hydrolysis) is 1. The Balaban J connectivity index is 1.35. The van der Waals surface area contributed by atoms with Crippen molar-refractivity contribution in [2.75, 3.05) is 20.3 Å². The number of nitrogens with zero attached hydrogens (tertiary/aromatic N) is 1. The number of carbonyl (C=O) groups is 3. The molecule has 2 aromatic carbocycles. The molecule has 8 heteroatoms. The summed E-state index contributed by atoms with van der Waals surface area (Å²) in [5, 5.41) is 12.2. The van der Waals surface area contributed by atoms with Crippen molar-refractivity contribution in [3.05, 3.63) is 59.7 Å². The average molecular weight is 467 g/mol. The van der Waals surface area contributed by atoms with E-state index in [2.05, 4.69) is 29.6 Å². The van der Waals surface area contributed by atoms with Gasteiger partial charge < -0.3 is 24.8 Å². The van der Waals surface area contributed by atoms with Crippen molar-refractivity contribution in [1.29, 1.82) is 0 Å². The average Bonchev–Trinajstić information content (AvgIpc) is 3.42. The van der Waals surface area contributed by atoms with Crippen LogP contribution in [0.2, 0.25) is 0 Å². The molecule has 0 bridgehead atoms. The van der Waals surface area contributed by atoms with Crippen molar-refractivity contribution < 1.29 is 29.0 Å². The smallest absolute Gasteiger partial charge is 0.407 e. The second-order valence-corrected chi connectivity index (χ2v) is 8.77. The fraction of sp³-hybridized carbons (Fsp3) is 0.423. The highest BCUT2D eigenvalue weighted by Gasteiger charge is 2.40. The molecule has 2 unspecified atom stereocenters. The third-order valence-corrected chi connectivity index (χ3v) is 6.78. The molecule has 8 nitrogen and oxygen atoms in total. The molecule has 2 aliphatic rings. The molecule has 34 heavy (non-hydrogen) atoms. The maximum absolute atomic E-state index is 12.8. The number of likely N-dealkylation sites (tertiary alicyclic amines) is 1. The SMILES string of the molecule is CC[C@H](CC(=O)N1CC(OC)CC1C(=O)O)NC(=O)OCC1c2ccccc2-c2ccccc21. The summed E-state index contributed by atoms with van der Waals surface area (Å²) >= 11 is 0. The predicted molar refractivity (Wildman–Crippen MR) is 125 cm³/mol. The molecule has 1 saturated heterocycles. The van der Waals surface area contributed by atoms with Gasteiger partial charge in [0.15, 0.2) is 0 Å². The number of nitrogens with one attached hydrogen (secondary N) is 1. The molecule has 1 fully saturated rings. The number of rotatable bonds is 8. The van der Waals surface area contributed by atoms with Gasteiger partial charge in [0.1, 0.15) is 12.6 Å². The number of hydrogen-bond donors (Lipinski definition) is 2. The van der Waals surface area contributed by atoms with Gasteiger partial charge in [-0.25, -0.2) is 9.59 Å². The molecule has 0 aromatic heterocycles. The first kappa shape index (κ1) is 23.8. The Kier molecular flexibility index (Phi) is 7.17. The van der Waals surface area contributed by atoms with Crippen LogP contribution in [-0.2, 0) is 19.1 Å². The van der Waals surface area contributed by atoms with Gasteiger partial charge in [0.2, 0.25) is 5.91 Å². The lowest BCUT2D eigenvalue weighted by Gasteiger charge is -2.24. The van der Waals surface area contributed by atoms with Crippen LogP contribution in [-0.4, -0.2) is 66.4 Å². The highest BCUT2D eigenvalue weighted by Crippen LogP contribution is 2.44. The van der Waals surface area contributed by atoms with Crippen molar-refractivity contribution >= 4 is 18.0 Å². The van der Waals surface area contributed by atoms with E-state index in [9.17, 15) is 19.5 Å². The van der Waals surface area contributed by atoms with Crippen LogP contribution in [0, 0.1) is 0 Å². The van der Waals surface area contributed by atoms with Gasteiger partial charge in [0.05, 0.1) is 6.10 Å². The fourth-order valence-corrected chi connectivity index (χ4v) is 4.91. The van der Waals surface area contributed by atoms with E-state index in [0.717, 1.165) is 22.3 Å². The first-order chi connectivity index (χ1) is 16.4. The molecule has 0 spiro atoms. The number of methoxy groups -OCH3 is 1. The molecule has 4 rings (SSSR count). The Morgan fingerprint density at radius 1 is 1.09 bits per heavy atom. The van der Waals surface area contributed by atoms with Gasteiger partial charge in [0.25, 0.3) is 0 Å². The summed E-state index contributed by atoms with van der Waals surface area (Å²) in [7, 11) is 1.51. The summed E-state index contributed by atoms with van der Waals surface area (Å²) in [6.45, 7) is 2.28. The molecule has 2 aromatic rings. The maximum Gasteiger partial charge on any atom is 0.407 e. The van der Waals surface area contributed by atoms with E-state index in [1.54, 1.807) is 0 Å². The molecule has 180 valence electrons. The minimum Gasteiger partial charge on any atom is -0.480 e. The zero-order valence-electron chi connectivity index (χ0n) is 19.4. The zero-order valence-corrected chi connectivity index (χ0v) is 19.4. The molecule has 1 aliphatic heterocycles. The Morgan fingerprint density at radius 3 is 2.26 bits per heavy atom. The summed E-state index contributed by atoms with van der Waals surface area (Å²) in [5.41, 5.74) is 4.55. The van der Waals surface area contributed by atoms with E-state index in [1.165, 1.54) is 12.0 Å². The number of benzene rings is 2. The number of ether oxygens (including phenoxy) is 2. The number of carboxylic acid groups (broad SMARTS) is 1. The third-order valence-electron chi connectivity index (χ3n) is 6.78. The number of hydrogen-bond acceptors (Lipinski definition) is 5. The van der Waals surface area contributed by atoms with E-state index in [4.69, 9.17) is 9.47 Å². The highest BCUT2D eigenvalue weighted by atomic mass is 16.5. The number of fused-ring (bicyclic) bond motifs is 3. The summed E-state index contributed by atoms with van der Waals surface area (Å²) in [6, 6.07) is 14.8. The standard InChI is InChI=1S/C26H30N2O6/c1-3-16(12-24(29)28-14-17(33-2)13-23(28)25(30)31)27-26(32)34-15-22-20-10-6-4-8-18(20)19-9-5-7-11-21(19)22/h4-11,16-17,22-23H,3,12-15H2,1-2H3,(H,27,32)(H,30,31)/t16-,17?,23?/m1/s1. The van der Waals surface area contributed by atoms with Crippen molar-refractivity contribution in [2.24, 2.45) is 0 Å². The molecule has 0 saturated carbocycles. The molecule has 0 radical (unpaired) electrons. The lowest BCUT2D eigenvalue weighted by Crippen LogP contribution is -2.45. The molecular weight excluding hydrogens is 436 g/mol. The maximum atomic E-state index is 12.8. The van der Waals surface area contributed by atoms with Gasteiger partial charge >= 0.3 is 12.1 Å². The quantitative estimate of drug-likeness (QED) is 0.618. The Labute approximate surface area is 198 Å². The number of amides is 2. The second kappa shape index (κ2) is 10.3. The monoisotopic (exact) mass is 466 g/mol. The predicted octanol–water partition coefficient (Wildman–Crippen LogP) is 3.39. The van der Waals surface area contributed by atoms with E-state index in [-0.39, 0.29) is 43.9 Å². The molecule has 1 heterocycles. The first-order valence-electron chi connectivity index (χ1n) is 11.6. The highest BCUT2D eigenvalue weighted by molar-refractivity contribution is 5.85. The van der Waals surface area contributed by atoms with Gasteiger partial charge in [-0.15, -0.1) is 0 Å². The minimum atomic E-state index is -1.05. The van der Waals surface area contributed by atoms with Crippen LogP contribution in [0.3, 0.4) is 0 Å². The lowest BCUT2D eigenvalue weighted by atomic mass is 9.98. The van der Waals surface area contributed by atoms with Crippen molar-refractivity contribution in [2.45, 2.75) is 50.3 Å². The molecule has 1 aliphatic carbocycles. The Bertz CT molecular complexity index is 1030. The summed E-state index contributed by atoms with van der Waals surface area (Å²) in [4.78, 5) is 38.3. The Hall–Kier alpha value is -3.39. The fourth-order valence-electron chi connectivity index (χ4n) is 4.91. The van der Waals surface area contributed by atoms with Crippen molar-refractivity contribution in [1.82, 2.24) is 10.2 Å². The van der Waals surface area contributed by atoms with Gasteiger partial charge in [-0.1, -0.05) is 55.5 Å². The van der Waals surface area contributed by atoms with E-state index < -0.39 is 24.1 Å². The second-order valence-electron chi connectivity index (χ2n) is 8.77. The summed E-state index contributed by atoms with van der Waals surface area (Å²) < 4.78 is 10.8. The van der Waals surface area contributed by atoms with Crippen molar-refractivity contribution in [3.63, 3.8) is 0 Å². The van der Waals surface area contributed by atoms with E-state index in [0.29, 0.717) is 6.42 Å². The summed E-state index contributed by atoms with van der Waals surface area (Å²) in [5.74, 6) is -1.42. The van der Waals surface area contributed by atoms with Gasteiger partial charge in [0, 0.05) is 38.5 Å². The van der Waals surface area contributed by atoms with Crippen LogP contribution >= 0.6 is 0 Å².